The Kier molecular flexibility index (Phi) is 2.11. The van der Waals surface area contributed by atoms with Gasteiger partial charge < -0.3 is 10.6 Å². The number of hydrogen-bond acceptors (Lipinski definition) is 5. The molecule has 1 aromatic heterocycles. The minimum Gasteiger partial charge on any atom is -0.314 e. The molecule has 0 atom stereocenters. The van der Waals surface area contributed by atoms with Crippen LogP contribution >= 0.6 is 11.5 Å². The van der Waals surface area contributed by atoms with Gasteiger partial charge in [-0.1, -0.05) is 4.49 Å². The lowest BCUT2D eigenvalue weighted by Gasteiger charge is -2.27. The number of aromatic nitrogens is 2. The largest absolute Gasteiger partial charge is 0.314 e. The molecule has 2 heterocycles. The summed E-state index contributed by atoms with van der Waals surface area (Å²) in [6.45, 7) is 3.09. The molecule has 0 radical (unpaired) electrons. The first-order chi connectivity index (χ1) is 5.45. The number of rotatable bonds is 3. The van der Waals surface area contributed by atoms with Crippen molar-refractivity contribution < 1.29 is 0 Å². The monoisotopic (exact) mass is 170 g/mol. The molecular formula is C6H10N4S. The van der Waals surface area contributed by atoms with Gasteiger partial charge >= 0.3 is 0 Å². The van der Waals surface area contributed by atoms with E-state index < -0.39 is 0 Å². The van der Waals surface area contributed by atoms with E-state index in [2.05, 4.69) is 20.2 Å². The zero-order valence-electron chi connectivity index (χ0n) is 6.08. The van der Waals surface area contributed by atoms with Crippen molar-refractivity contribution in [3.8, 4) is 0 Å². The molecule has 1 saturated heterocycles. The first-order valence-electron chi connectivity index (χ1n) is 3.65. The van der Waals surface area contributed by atoms with Crippen molar-refractivity contribution in [2.75, 3.05) is 13.1 Å². The zero-order valence-corrected chi connectivity index (χ0v) is 6.90. The smallest absolute Gasteiger partial charge is 0.0666 e. The van der Waals surface area contributed by atoms with Crippen LogP contribution in [-0.4, -0.2) is 28.7 Å². The van der Waals surface area contributed by atoms with Gasteiger partial charge in [-0.2, -0.15) is 0 Å². The Balaban J connectivity index is 1.74. The summed E-state index contributed by atoms with van der Waals surface area (Å²) in [6.07, 6.45) is 1.81. The second kappa shape index (κ2) is 3.25. The van der Waals surface area contributed by atoms with Crippen LogP contribution in [0.3, 0.4) is 0 Å². The Labute approximate surface area is 69.2 Å². The van der Waals surface area contributed by atoms with Crippen molar-refractivity contribution in [3.63, 3.8) is 0 Å². The molecular weight excluding hydrogens is 160 g/mol. The lowest BCUT2D eigenvalue weighted by atomic mass is 10.2. The van der Waals surface area contributed by atoms with Crippen molar-refractivity contribution in [1.29, 1.82) is 0 Å². The highest BCUT2D eigenvalue weighted by molar-refractivity contribution is 7.05. The molecule has 4 nitrogen and oxygen atoms in total. The fourth-order valence-electron chi connectivity index (χ4n) is 0.943. The van der Waals surface area contributed by atoms with E-state index in [1.54, 1.807) is 0 Å². The first kappa shape index (κ1) is 7.15. The van der Waals surface area contributed by atoms with Crippen LogP contribution in [0.1, 0.15) is 4.88 Å². The molecule has 1 aliphatic heterocycles. The summed E-state index contributed by atoms with van der Waals surface area (Å²) in [6, 6.07) is 0.650. The third-order valence-corrected chi connectivity index (χ3v) is 2.41. The van der Waals surface area contributed by atoms with Gasteiger partial charge in [0.2, 0.25) is 0 Å². The Hall–Kier alpha value is -0.520. The topological polar surface area (TPSA) is 49.8 Å². The lowest BCUT2D eigenvalue weighted by Crippen LogP contribution is -2.54. The van der Waals surface area contributed by atoms with E-state index in [1.165, 1.54) is 16.4 Å². The molecule has 0 aliphatic carbocycles. The van der Waals surface area contributed by atoms with Gasteiger partial charge in [0.1, 0.15) is 0 Å². The van der Waals surface area contributed by atoms with Crippen molar-refractivity contribution >= 4 is 11.5 Å². The van der Waals surface area contributed by atoms with Crippen LogP contribution in [0.25, 0.3) is 0 Å². The SMILES string of the molecule is c1nnsc1CNC1CNC1. The van der Waals surface area contributed by atoms with E-state index in [0.29, 0.717) is 6.04 Å². The van der Waals surface area contributed by atoms with Crippen LogP contribution in [0, 0.1) is 0 Å². The highest BCUT2D eigenvalue weighted by Gasteiger charge is 2.15. The van der Waals surface area contributed by atoms with Crippen molar-refractivity contribution in [1.82, 2.24) is 20.2 Å². The molecule has 1 aromatic rings. The Morgan fingerprint density at radius 3 is 3.18 bits per heavy atom. The standard InChI is InChI=1S/C6H10N4S/c1-5(2-7-1)8-3-6-4-9-10-11-6/h4-5,7-8H,1-3H2. The quantitative estimate of drug-likeness (QED) is 0.648. The maximum atomic E-state index is 3.78. The predicted molar refractivity (Wildman–Crippen MR) is 43.4 cm³/mol. The normalized spacial score (nSPS) is 18.2. The predicted octanol–water partition coefficient (Wildman–Crippen LogP) is -0.401. The van der Waals surface area contributed by atoms with Crippen LogP contribution in [-0.2, 0) is 6.54 Å². The fraction of sp³-hybridized carbons (Fsp3) is 0.667. The van der Waals surface area contributed by atoms with Crippen LogP contribution in [0.15, 0.2) is 6.20 Å². The van der Waals surface area contributed by atoms with Crippen molar-refractivity contribution in [2.24, 2.45) is 0 Å². The molecule has 11 heavy (non-hydrogen) atoms. The highest BCUT2D eigenvalue weighted by Crippen LogP contribution is 2.02. The Bertz CT molecular complexity index is 206. The van der Waals surface area contributed by atoms with E-state index in [0.717, 1.165) is 19.6 Å². The summed E-state index contributed by atoms with van der Waals surface area (Å²) in [5.74, 6) is 0. The van der Waals surface area contributed by atoms with Gasteiger partial charge in [0.25, 0.3) is 0 Å². The number of hydrogen-bond donors (Lipinski definition) is 2. The first-order valence-corrected chi connectivity index (χ1v) is 4.43. The molecule has 0 saturated carbocycles. The van der Waals surface area contributed by atoms with Crippen LogP contribution in [0.5, 0.6) is 0 Å². The van der Waals surface area contributed by atoms with Crippen LogP contribution in [0.2, 0.25) is 0 Å². The van der Waals surface area contributed by atoms with Gasteiger partial charge in [-0.15, -0.1) is 5.10 Å². The maximum Gasteiger partial charge on any atom is 0.0666 e. The Morgan fingerprint density at radius 1 is 1.73 bits per heavy atom. The summed E-state index contributed by atoms with van der Waals surface area (Å²) in [5.41, 5.74) is 0. The molecule has 0 aromatic carbocycles. The average molecular weight is 170 g/mol. The third kappa shape index (κ3) is 1.74. The lowest BCUT2D eigenvalue weighted by molar-refractivity contribution is 0.366. The van der Waals surface area contributed by atoms with Gasteiger partial charge in [0, 0.05) is 25.7 Å². The molecule has 0 bridgehead atoms. The molecule has 2 N–H and O–H groups in total. The second-order valence-electron chi connectivity index (χ2n) is 2.62. The van der Waals surface area contributed by atoms with Gasteiger partial charge in [0.15, 0.2) is 0 Å². The molecule has 5 heteroatoms. The minimum atomic E-state index is 0.650. The molecule has 0 unspecified atom stereocenters. The molecule has 1 aliphatic rings. The number of nitrogens with one attached hydrogen (secondary N) is 2. The Morgan fingerprint density at radius 2 is 2.64 bits per heavy atom. The summed E-state index contributed by atoms with van der Waals surface area (Å²) < 4.78 is 3.78. The summed E-state index contributed by atoms with van der Waals surface area (Å²) >= 11 is 1.46. The summed E-state index contributed by atoms with van der Waals surface area (Å²) in [5, 5.41) is 10.3. The maximum absolute atomic E-state index is 3.78. The molecule has 2 rings (SSSR count). The summed E-state index contributed by atoms with van der Waals surface area (Å²) in [7, 11) is 0. The molecule has 1 fully saturated rings. The van der Waals surface area contributed by atoms with Crippen LogP contribution < -0.4 is 10.6 Å². The van der Waals surface area contributed by atoms with E-state index in [4.69, 9.17) is 0 Å². The van der Waals surface area contributed by atoms with E-state index in [1.807, 2.05) is 6.20 Å². The van der Waals surface area contributed by atoms with Gasteiger partial charge in [-0.25, -0.2) is 0 Å². The van der Waals surface area contributed by atoms with Gasteiger partial charge in [-0.05, 0) is 11.5 Å². The van der Waals surface area contributed by atoms with Gasteiger partial charge in [-0.3, -0.25) is 0 Å². The van der Waals surface area contributed by atoms with E-state index in [-0.39, 0.29) is 0 Å². The fourth-order valence-corrected chi connectivity index (χ4v) is 1.38. The van der Waals surface area contributed by atoms with E-state index >= 15 is 0 Å². The zero-order chi connectivity index (χ0) is 7.52. The number of nitrogens with zero attached hydrogens (tertiary/aromatic N) is 2. The minimum absolute atomic E-state index is 0.650. The molecule has 60 valence electrons. The van der Waals surface area contributed by atoms with Crippen molar-refractivity contribution in [3.05, 3.63) is 11.1 Å². The van der Waals surface area contributed by atoms with Gasteiger partial charge in [0.05, 0.1) is 11.1 Å². The van der Waals surface area contributed by atoms with E-state index in [9.17, 15) is 0 Å². The highest BCUT2D eigenvalue weighted by atomic mass is 32.1. The molecule has 0 amide bonds. The molecule has 0 spiro atoms. The summed E-state index contributed by atoms with van der Waals surface area (Å²) in [4.78, 5) is 1.21. The van der Waals surface area contributed by atoms with Crippen molar-refractivity contribution in [2.45, 2.75) is 12.6 Å². The third-order valence-electron chi connectivity index (χ3n) is 1.75. The van der Waals surface area contributed by atoms with Crippen LogP contribution in [0.4, 0.5) is 0 Å². The second-order valence-corrected chi connectivity index (χ2v) is 3.49. The average Bonchev–Trinajstić information content (AvgIpc) is 2.36.